The van der Waals surface area contributed by atoms with E-state index in [0.29, 0.717) is 16.8 Å². The Labute approximate surface area is 107 Å². The number of hydrogen-bond donors (Lipinski definition) is 0. The topological polar surface area (TPSA) is 34.9 Å². The number of aromatic nitrogens is 2. The summed E-state index contributed by atoms with van der Waals surface area (Å²) in [6, 6.07) is 0.377. The van der Waals surface area contributed by atoms with Crippen LogP contribution in [0.5, 0.6) is 0 Å². The third-order valence-electron chi connectivity index (χ3n) is 3.50. The Morgan fingerprint density at radius 3 is 2.47 bits per heavy atom. The maximum absolute atomic E-state index is 11.1. The van der Waals surface area contributed by atoms with E-state index in [4.69, 9.17) is 11.6 Å². The molecule has 0 radical (unpaired) electrons. The van der Waals surface area contributed by atoms with Crippen LogP contribution in [-0.4, -0.2) is 16.1 Å². The Morgan fingerprint density at radius 1 is 1.35 bits per heavy atom. The lowest BCUT2D eigenvalue weighted by Crippen LogP contribution is -2.14. The van der Waals surface area contributed by atoms with Gasteiger partial charge >= 0.3 is 0 Å². The second-order valence-electron chi connectivity index (χ2n) is 5.10. The first-order valence-electron chi connectivity index (χ1n) is 6.38. The zero-order valence-corrected chi connectivity index (χ0v) is 11.2. The molecule has 0 atom stereocenters. The highest BCUT2D eigenvalue weighted by Crippen LogP contribution is 2.33. The third kappa shape index (κ3) is 2.39. The van der Waals surface area contributed by atoms with E-state index < -0.39 is 0 Å². The van der Waals surface area contributed by atoms with Crippen molar-refractivity contribution < 1.29 is 4.79 Å². The van der Waals surface area contributed by atoms with Crippen molar-refractivity contribution in [1.82, 2.24) is 9.78 Å². The lowest BCUT2D eigenvalue weighted by molar-refractivity contribution is 0.112. The monoisotopic (exact) mass is 254 g/mol. The molecule has 94 valence electrons. The molecule has 0 spiro atoms. The Bertz CT molecular complexity index is 406. The van der Waals surface area contributed by atoms with Crippen molar-refractivity contribution in [1.29, 1.82) is 0 Å². The Hall–Kier alpha value is -0.830. The summed E-state index contributed by atoms with van der Waals surface area (Å²) in [5.41, 5.74) is 1.41. The quantitative estimate of drug-likeness (QED) is 0.765. The first-order valence-corrected chi connectivity index (χ1v) is 6.76. The van der Waals surface area contributed by atoms with Crippen molar-refractivity contribution in [2.75, 3.05) is 0 Å². The molecule has 1 heterocycles. The Balaban J connectivity index is 2.36. The second kappa shape index (κ2) is 5.21. The third-order valence-corrected chi connectivity index (χ3v) is 3.88. The first kappa shape index (κ1) is 12.6. The molecule has 0 amide bonds. The van der Waals surface area contributed by atoms with Crippen molar-refractivity contribution >= 4 is 17.9 Å². The highest BCUT2D eigenvalue weighted by atomic mass is 35.5. The minimum absolute atomic E-state index is 0.234. The van der Waals surface area contributed by atoms with Gasteiger partial charge < -0.3 is 0 Å². The molecule has 1 aliphatic carbocycles. The van der Waals surface area contributed by atoms with E-state index in [0.717, 1.165) is 24.8 Å². The second-order valence-corrected chi connectivity index (χ2v) is 5.46. The van der Waals surface area contributed by atoms with E-state index in [-0.39, 0.29) is 5.92 Å². The number of carbonyl (C=O) groups excluding carboxylic acids is 1. The van der Waals surface area contributed by atoms with E-state index in [1.807, 2.05) is 18.5 Å². The van der Waals surface area contributed by atoms with Gasteiger partial charge in [-0.05, 0) is 18.8 Å². The molecule has 1 aliphatic rings. The molecule has 1 fully saturated rings. The lowest BCUT2D eigenvalue weighted by Gasteiger charge is -2.22. The van der Waals surface area contributed by atoms with Crippen LogP contribution in [0.4, 0.5) is 0 Å². The fourth-order valence-electron chi connectivity index (χ4n) is 2.55. The van der Waals surface area contributed by atoms with Gasteiger partial charge in [0.25, 0.3) is 0 Å². The molecule has 0 saturated heterocycles. The number of hydrogen-bond acceptors (Lipinski definition) is 2. The van der Waals surface area contributed by atoms with Crippen LogP contribution < -0.4 is 0 Å². The van der Waals surface area contributed by atoms with Gasteiger partial charge in [-0.25, -0.2) is 4.68 Å². The van der Waals surface area contributed by atoms with Crippen LogP contribution in [0.3, 0.4) is 0 Å². The van der Waals surface area contributed by atoms with E-state index in [1.165, 1.54) is 19.3 Å². The van der Waals surface area contributed by atoms with Gasteiger partial charge in [-0.15, -0.1) is 0 Å². The summed E-state index contributed by atoms with van der Waals surface area (Å²) >= 11 is 6.28. The SMILES string of the molecule is CC(C)c1nn(C2CCCCC2)c(Cl)c1C=O. The summed E-state index contributed by atoms with van der Waals surface area (Å²) in [6.07, 6.45) is 6.84. The van der Waals surface area contributed by atoms with Crippen LogP contribution >= 0.6 is 11.6 Å². The molecule has 0 bridgehead atoms. The molecular weight excluding hydrogens is 236 g/mol. The van der Waals surface area contributed by atoms with E-state index in [2.05, 4.69) is 5.10 Å². The van der Waals surface area contributed by atoms with Crippen molar-refractivity contribution in [3.05, 3.63) is 16.4 Å². The van der Waals surface area contributed by atoms with E-state index >= 15 is 0 Å². The summed E-state index contributed by atoms with van der Waals surface area (Å²) in [5, 5.41) is 5.08. The molecule has 1 aromatic rings. The van der Waals surface area contributed by atoms with Gasteiger partial charge in [0.1, 0.15) is 5.15 Å². The van der Waals surface area contributed by atoms with Crippen LogP contribution in [0, 0.1) is 0 Å². The largest absolute Gasteiger partial charge is 0.298 e. The van der Waals surface area contributed by atoms with E-state index in [1.54, 1.807) is 0 Å². The number of nitrogens with zero attached hydrogens (tertiary/aromatic N) is 2. The molecule has 0 aliphatic heterocycles. The van der Waals surface area contributed by atoms with Gasteiger partial charge in [0.15, 0.2) is 6.29 Å². The maximum Gasteiger partial charge on any atom is 0.155 e. The van der Waals surface area contributed by atoms with Crippen molar-refractivity contribution in [2.24, 2.45) is 0 Å². The zero-order valence-electron chi connectivity index (χ0n) is 10.4. The fourth-order valence-corrected chi connectivity index (χ4v) is 2.86. The zero-order chi connectivity index (χ0) is 12.4. The highest BCUT2D eigenvalue weighted by Gasteiger charge is 2.24. The molecule has 0 N–H and O–H groups in total. The molecule has 1 aromatic heterocycles. The number of rotatable bonds is 3. The predicted octanol–water partition coefficient (Wildman–Crippen LogP) is 3.98. The molecule has 3 nitrogen and oxygen atoms in total. The minimum Gasteiger partial charge on any atom is -0.298 e. The summed E-state index contributed by atoms with van der Waals surface area (Å²) < 4.78 is 1.87. The molecule has 2 rings (SSSR count). The van der Waals surface area contributed by atoms with Crippen molar-refractivity contribution in [3.8, 4) is 0 Å². The van der Waals surface area contributed by atoms with Crippen molar-refractivity contribution in [2.45, 2.75) is 57.9 Å². The van der Waals surface area contributed by atoms with Crippen LogP contribution in [0.1, 0.15) is 74.0 Å². The number of halogens is 1. The summed E-state index contributed by atoms with van der Waals surface area (Å²) in [4.78, 5) is 11.1. The molecular formula is C13H19ClN2O. The van der Waals surface area contributed by atoms with Gasteiger partial charge in [-0.2, -0.15) is 5.10 Å². The minimum atomic E-state index is 0.234. The Kier molecular flexibility index (Phi) is 3.87. The van der Waals surface area contributed by atoms with Crippen molar-refractivity contribution in [3.63, 3.8) is 0 Å². The smallest absolute Gasteiger partial charge is 0.155 e. The Morgan fingerprint density at radius 2 is 2.00 bits per heavy atom. The summed E-state index contributed by atoms with van der Waals surface area (Å²) in [5.74, 6) is 0.234. The van der Waals surface area contributed by atoms with Crippen LogP contribution in [-0.2, 0) is 0 Å². The normalized spacial score (nSPS) is 17.6. The van der Waals surface area contributed by atoms with Crippen LogP contribution in [0.15, 0.2) is 0 Å². The lowest BCUT2D eigenvalue weighted by atomic mass is 9.96. The molecule has 0 aromatic carbocycles. The molecule has 17 heavy (non-hydrogen) atoms. The first-order chi connectivity index (χ1) is 8.15. The standard InChI is InChI=1S/C13H19ClN2O/c1-9(2)12-11(8-17)13(14)16(15-12)10-6-4-3-5-7-10/h8-10H,3-7H2,1-2H3. The molecule has 4 heteroatoms. The average molecular weight is 255 g/mol. The van der Waals surface area contributed by atoms with Gasteiger partial charge in [0, 0.05) is 0 Å². The summed E-state index contributed by atoms with van der Waals surface area (Å²) in [7, 11) is 0. The highest BCUT2D eigenvalue weighted by molar-refractivity contribution is 6.32. The van der Waals surface area contributed by atoms with Gasteiger partial charge in [0.05, 0.1) is 17.3 Å². The number of aldehydes is 1. The fraction of sp³-hybridized carbons (Fsp3) is 0.692. The van der Waals surface area contributed by atoms with Crippen LogP contribution in [0.2, 0.25) is 5.15 Å². The number of carbonyl (C=O) groups is 1. The maximum atomic E-state index is 11.1. The summed E-state index contributed by atoms with van der Waals surface area (Å²) in [6.45, 7) is 4.08. The molecule has 0 unspecified atom stereocenters. The van der Waals surface area contributed by atoms with Gasteiger partial charge in [-0.3, -0.25) is 4.79 Å². The van der Waals surface area contributed by atoms with Crippen LogP contribution in [0.25, 0.3) is 0 Å². The van der Waals surface area contributed by atoms with Gasteiger partial charge in [-0.1, -0.05) is 44.7 Å². The predicted molar refractivity (Wildman–Crippen MR) is 68.8 cm³/mol. The average Bonchev–Trinajstić information content (AvgIpc) is 2.67. The van der Waals surface area contributed by atoms with Gasteiger partial charge in [0.2, 0.25) is 0 Å². The molecule has 1 saturated carbocycles. The van der Waals surface area contributed by atoms with E-state index in [9.17, 15) is 4.79 Å².